The lowest BCUT2D eigenvalue weighted by molar-refractivity contribution is -0.129. The standard InChI is InChI=1S/C21H28N6O/c1-15(28)27-10-7-16-18(12-27)24-20(17-6-4-5-9-22-17)25-19(16)23-13-21(2)8-11-26(3)14-21/h4-6,9H,7-8,10-14H2,1-3H3,(H,23,24,25). The summed E-state index contributed by atoms with van der Waals surface area (Å²) in [4.78, 5) is 30.1. The monoisotopic (exact) mass is 380 g/mol. The molecule has 2 aromatic heterocycles. The van der Waals surface area contributed by atoms with Crippen molar-refractivity contribution in [2.75, 3.05) is 38.5 Å². The summed E-state index contributed by atoms with van der Waals surface area (Å²) in [6.07, 6.45) is 3.70. The number of nitrogens with zero attached hydrogens (tertiary/aromatic N) is 5. The summed E-state index contributed by atoms with van der Waals surface area (Å²) < 4.78 is 0. The van der Waals surface area contributed by atoms with Crippen molar-refractivity contribution in [3.05, 3.63) is 35.7 Å². The normalized spacial score (nSPS) is 22.2. The first-order valence-corrected chi connectivity index (χ1v) is 9.93. The van der Waals surface area contributed by atoms with E-state index in [1.165, 1.54) is 6.42 Å². The zero-order valence-electron chi connectivity index (χ0n) is 16.9. The van der Waals surface area contributed by atoms with Gasteiger partial charge in [0.2, 0.25) is 5.91 Å². The Labute approximate surface area is 166 Å². The molecule has 0 saturated carbocycles. The molecule has 7 nitrogen and oxygen atoms in total. The average Bonchev–Trinajstić information content (AvgIpc) is 3.05. The van der Waals surface area contributed by atoms with Gasteiger partial charge in [0.25, 0.3) is 0 Å². The second-order valence-corrected chi connectivity index (χ2v) is 8.38. The van der Waals surface area contributed by atoms with Crippen LogP contribution in [0.1, 0.15) is 31.5 Å². The van der Waals surface area contributed by atoms with E-state index in [-0.39, 0.29) is 11.3 Å². The third-order valence-corrected chi connectivity index (χ3v) is 5.84. The molecule has 1 amide bonds. The van der Waals surface area contributed by atoms with Crippen LogP contribution in [0.4, 0.5) is 5.82 Å². The second-order valence-electron chi connectivity index (χ2n) is 8.38. The Morgan fingerprint density at radius 2 is 2.14 bits per heavy atom. The number of amides is 1. The molecule has 7 heteroatoms. The summed E-state index contributed by atoms with van der Waals surface area (Å²) in [6, 6.07) is 5.75. The number of pyridine rings is 1. The second kappa shape index (κ2) is 7.47. The van der Waals surface area contributed by atoms with Crippen molar-refractivity contribution < 1.29 is 4.79 Å². The van der Waals surface area contributed by atoms with Crippen molar-refractivity contribution in [3.8, 4) is 11.5 Å². The fourth-order valence-corrected chi connectivity index (χ4v) is 4.17. The molecule has 2 aliphatic rings. The lowest BCUT2D eigenvalue weighted by Crippen LogP contribution is -2.36. The molecule has 1 N–H and O–H groups in total. The first-order chi connectivity index (χ1) is 13.4. The van der Waals surface area contributed by atoms with Gasteiger partial charge in [0, 0.05) is 38.3 Å². The number of likely N-dealkylation sites (tertiary alicyclic amines) is 1. The quantitative estimate of drug-likeness (QED) is 0.877. The van der Waals surface area contributed by atoms with E-state index in [9.17, 15) is 4.79 Å². The molecule has 1 fully saturated rings. The lowest BCUT2D eigenvalue weighted by Gasteiger charge is -2.30. The van der Waals surface area contributed by atoms with Gasteiger partial charge in [-0.05, 0) is 44.0 Å². The summed E-state index contributed by atoms with van der Waals surface area (Å²) >= 11 is 0. The molecule has 1 atom stereocenters. The van der Waals surface area contributed by atoms with Crippen LogP contribution in [0.5, 0.6) is 0 Å². The molecule has 0 bridgehead atoms. The number of carbonyl (C=O) groups is 1. The van der Waals surface area contributed by atoms with Crippen LogP contribution in [0.25, 0.3) is 11.5 Å². The van der Waals surface area contributed by atoms with Gasteiger partial charge >= 0.3 is 0 Å². The highest BCUT2D eigenvalue weighted by Gasteiger charge is 2.32. The predicted octanol–water partition coefficient (Wildman–Crippen LogP) is 2.20. The van der Waals surface area contributed by atoms with Gasteiger partial charge in [-0.1, -0.05) is 13.0 Å². The number of nitrogens with one attached hydrogen (secondary N) is 1. The molecule has 0 aliphatic carbocycles. The maximum Gasteiger partial charge on any atom is 0.219 e. The minimum Gasteiger partial charge on any atom is -0.369 e. The van der Waals surface area contributed by atoms with Crippen molar-refractivity contribution in [1.29, 1.82) is 0 Å². The Bertz CT molecular complexity index is 871. The van der Waals surface area contributed by atoms with E-state index in [0.717, 1.165) is 48.8 Å². The summed E-state index contributed by atoms with van der Waals surface area (Å²) in [5, 5.41) is 3.62. The first kappa shape index (κ1) is 18.8. The number of fused-ring (bicyclic) bond motifs is 1. The van der Waals surface area contributed by atoms with Gasteiger partial charge in [0.1, 0.15) is 11.5 Å². The number of aromatic nitrogens is 3. The third kappa shape index (κ3) is 3.85. The molecular formula is C21H28N6O. The zero-order chi connectivity index (χ0) is 19.7. The largest absolute Gasteiger partial charge is 0.369 e. The van der Waals surface area contributed by atoms with Crippen LogP contribution in [-0.4, -0.2) is 63.9 Å². The van der Waals surface area contributed by atoms with Crippen LogP contribution in [0.2, 0.25) is 0 Å². The molecule has 0 radical (unpaired) electrons. The molecule has 148 valence electrons. The van der Waals surface area contributed by atoms with E-state index >= 15 is 0 Å². The average molecular weight is 380 g/mol. The van der Waals surface area contributed by atoms with E-state index in [1.807, 2.05) is 23.1 Å². The van der Waals surface area contributed by atoms with Gasteiger partial charge in [-0.3, -0.25) is 9.78 Å². The van der Waals surface area contributed by atoms with Gasteiger partial charge in [0.05, 0.1) is 12.2 Å². The number of carbonyl (C=O) groups excluding carboxylic acids is 1. The molecular weight excluding hydrogens is 352 g/mol. The smallest absolute Gasteiger partial charge is 0.219 e. The van der Waals surface area contributed by atoms with Crippen molar-refractivity contribution in [1.82, 2.24) is 24.8 Å². The Balaban J connectivity index is 1.66. The van der Waals surface area contributed by atoms with E-state index in [1.54, 1.807) is 13.1 Å². The molecule has 0 aromatic carbocycles. The van der Waals surface area contributed by atoms with Crippen LogP contribution >= 0.6 is 0 Å². The fourth-order valence-electron chi connectivity index (χ4n) is 4.17. The Morgan fingerprint density at radius 3 is 2.82 bits per heavy atom. The van der Waals surface area contributed by atoms with Gasteiger partial charge in [0.15, 0.2) is 5.82 Å². The van der Waals surface area contributed by atoms with E-state index in [0.29, 0.717) is 18.9 Å². The molecule has 2 aromatic rings. The van der Waals surface area contributed by atoms with Crippen LogP contribution < -0.4 is 5.32 Å². The molecule has 4 heterocycles. The first-order valence-electron chi connectivity index (χ1n) is 9.93. The maximum atomic E-state index is 11.9. The highest BCUT2D eigenvalue weighted by molar-refractivity contribution is 5.74. The summed E-state index contributed by atoms with van der Waals surface area (Å²) in [7, 11) is 2.17. The van der Waals surface area contributed by atoms with Crippen molar-refractivity contribution in [2.24, 2.45) is 5.41 Å². The van der Waals surface area contributed by atoms with Crippen LogP contribution in [0, 0.1) is 5.41 Å². The van der Waals surface area contributed by atoms with E-state index < -0.39 is 0 Å². The van der Waals surface area contributed by atoms with Gasteiger partial charge in [-0.15, -0.1) is 0 Å². The minimum atomic E-state index is 0.0830. The molecule has 28 heavy (non-hydrogen) atoms. The predicted molar refractivity (Wildman–Crippen MR) is 109 cm³/mol. The van der Waals surface area contributed by atoms with Crippen molar-refractivity contribution >= 4 is 11.7 Å². The van der Waals surface area contributed by atoms with Crippen LogP contribution in [0.15, 0.2) is 24.4 Å². The van der Waals surface area contributed by atoms with Gasteiger partial charge in [-0.25, -0.2) is 9.97 Å². The Kier molecular flexibility index (Phi) is 5.02. The molecule has 1 unspecified atom stereocenters. The van der Waals surface area contributed by atoms with Crippen molar-refractivity contribution in [3.63, 3.8) is 0 Å². The number of rotatable bonds is 4. The maximum absolute atomic E-state index is 11.9. The number of hydrogen-bond donors (Lipinski definition) is 1. The molecule has 2 aliphatic heterocycles. The Hall–Kier alpha value is -2.54. The minimum absolute atomic E-state index is 0.0830. The third-order valence-electron chi connectivity index (χ3n) is 5.84. The highest BCUT2D eigenvalue weighted by Crippen LogP contribution is 2.31. The summed E-state index contributed by atoms with van der Waals surface area (Å²) in [5.41, 5.74) is 3.04. The number of anilines is 1. The van der Waals surface area contributed by atoms with Crippen LogP contribution in [-0.2, 0) is 17.8 Å². The van der Waals surface area contributed by atoms with Gasteiger partial charge in [-0.2, -0.15) is 0 Å². The van der Waals surface area contributed by atoms with Gasteiger partial charge < -0.3 is 15.1 Å². The highest BCUT2D eigenvalue weighted by atomic mass is 16.2. The topological polar surface area (TPSA) is 74.2 Å². The molecule has 4 rings (SSSR count). The fraction of sp³-hybridized carbons (Fsp3) is 0.524. The molecule has 1 saturated heterocycles. The van der Waals surface area contributed by atoms with Crippen molar-refractivity contribution in [2.45, 2.75) is 33.2 Å². The summed E-state index contributed by atoms with van der Waals surface area (Å²) in [5.74, 6) is 1.59. The molecule has 0 spiro atoms. The van der Waals surface area contributed by atoms with E-state index in [2.05, 4.69) is 29.2 Å². The number of hydrogen-bond acceptors (Lipinski definition) is 6. The van der Waals surface area contributed by atoms with E-state index in [4.69, 9.17) is 9.97 Å². The lowest BCUT2D eigenvalue weighted by atomic mass is 9.89. The Morgan fingerprint density at radius 1 is 1.29 bits per heavy atom. The SMILES string of the molecule is CC(=O)N1CCc2c(nc(-c3ccccn3)nc2NCC2(C)CCN(C)C2)C1. The van der Waals surface area contributed by atoms with Crippen LogP contribution in [0.3, 0.4) is 0 Å². The summed E-state index contributed by atoms with van der Waals surface area (Å²) in [6.45, 7) is 8.27. The zero-order valence-corrected chi connectivity index (χ0v) is 16.9.